The van der Waals surface area contributed by atoms with Crippen LogP contribution in [0.4, 0.5) is 0 Å². The van der Waals surface area contributed by atoms with E-state index in [1.165, 1.54) is 33.0 Å². The van der Waals surface area contributed by atoms with Crippen molar-refractivity contribution in [3.8, 4) is 11.1 Å². The minimum Gasteiger partial charge on any atom is -0.0619 e. The van der Waals surface area contributed by atoms with E-state index < -0.39 is 0 Å². The molecule has 3 aromatic carbocycles. The number of hydrogen-bond donors (Lipinski definition) is 0. The first-order chi connectivity index (χ1) is 8.43. The summed E-state index contributed by atoms with van der Waals surface area (Å²) in [5.74, 6) is 0. The first-order valence-electron chi connectivity index (χ1n) is 5.94. The van der Waals surface area contributed by atoms with Crippen molar-refractivity contribution < 1.29 is 0 Å². The van der Waals surface area contributed by atoms with Crippen LogP contribution in [-0.4, -0.2) is 0 Å². The molecule has 0 amide bonds. The van der Waals surface area contributed by atoms with Crippen molar-refractivity contribution in [2.24, 2.45) is 0 Å². The Kier molecular flexibility index (Phi) is 1.70. The summed E-state index contributed by atoms with van der Waals surface area (Å²) in [7, 11) is 0. The molecule has 79 valence electrons. The highest BCUT2D eigenvalue weighted by molar-refractivity contribution is 6.01. The molecule has 0 bridgehead atoms. The van der Waals surface area contributed by atoms with Crippen molar-refractivity contribution in [1.82, 2.24) is 0 Å². The molecule has 1 aliphatic carbocycles. The lowest BCUT2D eigenvalue weighted by atomic mass is 9.84. The van der Waals surface area contributed by atoms with Gasteiger partial charge in [0.2, 0.25) is 0 Å². The van der Waals surface area contributed by atoms with Gasteiger partial charge in [-0.2, -0.15) is 0 Å². The molecule has 0 heteroatoms. The molecule has 0 fully saturated rings. The lowest BCUT2D eigenvalue weighted by Gasteiger charge is -2.20. The van der Waals surface area contributed by atoms with E-state index >= 15 is 0 Å². The zero-order chi connectivity index (χ0) is 11.2. The van der Waals surface area contributed by atoms with Crippen LogP contribution in [0.15, 0.2) is 54.6 Å². The largest absolute Gasteiger partial charge is 0.0619 e. The van der Waals surface area contributed by atoms with Gasteiger partial charge in [-0.1, -0.05) is 54.6 Å². The molecule has 3 aromatic rings. The second-order valence-electron chi connectivity index (χ2n) is 4.57. The van der Waals surface area contributed by atoms with Crippen molar-refractivity contribution in [3.05, 3.63) is 71.8 Å². The van der Waals surface area contributed by atoms with E-state index in [4.69, 9.17) is 0 Å². The lowest BCUT2D eigenvalue weighted by Crippen LogP contribution is -2.00. The summed E-state index contributed by atoms with van der Waals surface area (Å²) in [6, 6.07) is 22.8. The molecule has 1 aliphatic rings. The molecule has 0 aliphatic heterocycles. The van der Waals surface area contributed by atoms with E-state index in [-0.39, 0.29) is 0 Å². The molecule has 17 heavy (non-hydrogen) atoms. The van der Waals surface area contributed by atoms with Crippen LogP contribution in [0, 0.1) is 6.07 Å². The molecule has 0 unspecified atom stereocenters. The second-order valence-corrected chi connectivity index (χ2v) is 4.57. The Morgan fingerprint density at radius 3 is 2.71 bits per heavy atom. The molecular formula is C17H11. The number of fused-ring (bicyclic) bond motifs is 2. The normalized spacial score (nSPS) is 12.5. The third-order valence-electron chi connectivity index (χ3n) is 3.59. The molecule has 0 saturated heterocycles. The van der Waals surface area contributed by atoms with Gasteiger partial charge in [0, 0.05) is 0 Å². The maximum Gasteiger partial charge on any atom is -0.00132 e. The van der Waals surface area contributed by atoms with E-state index in [2.05, 4.69) is 54.6 Å². The summed E-state index contributed by atoms with van der Waals surface area (Å²) in [6.45, 7) is 0. The minimum atomic E-state index is 1.04. The maximum absolute atomic E-state index is 3.41. The van der Waals surface area contributed by atoms with Gasteiger partial charge in [0.25, 0.3) is 0 Å². The van der Waals surface area contributed by atoms with E-state index in [0.717, 1.165) is 6.42 Å². The Labute approximate surface area is 101 Å². The van der Waals surface area contributed by atoms with Crippen LogP contribution < -0.4 is 0 Å². The summed E-state index contributed by atoms with van der Waals surface area (Å²) in [6.07, 6.45) is 1.04. The van der Waals surface area contributed by atoms with Crippen LogP contribution in [0.3, 0.4) is 0 Å². The molecule has 0 atom stereocenters. The summed E-state index contributed by atoms with van der Waals surface area (Å²) in [5.41, 5.74) is 5.44. The van der Waals surface area contributed by atoms with Gasteiger partial charge in [-0.05, 0) is 45.5 Å². The number of benzene rings is 3. The fraction of sp³-hybridized carbons (Fsp3) is 0.0588. The van der Waals surface area contributed by atoms with Gasteiger partial charge in [-0.25, -0.2) is 0 Å². The van der Waals surface area contributed by atoms with Crippen molar-refractivity contribution in [3.63, 3.8) is 0 Å². The van der Waals surface area contributed by atoms with E-state index in [1.807, 2.05) is 6.07 Å². The zero-order valence-corrected chi connectivity index (χ0v) is 9.40. The number of hydrogen-bond acceptors (Lipinski definition) is 0. The highest BCUT2D eigenvalue weighted by atomic mass is 14.2. The third kappa shape index (κ3) is 1.18. The van der Waals surface area contributed by atoms with Crippen LogP contribution in [0.5, 0.6) is 0 Å². The van der Waals surface area contributed by atoms with Gasteiger partial charge in [-0.3, -0.25) is 0 Å². The van der Waals surface area contributed by atoms with E-state index in [9.17, 15) is 0 Å². The first kappa shape index (κ1) is 9.00. The molecule has 0 saturated carbocycles. The van der Waals surface area contributed by atoms with Crippen LogP contribution in [0.2, 0.25) is 0 Å². The van der Waals surface area contributed by atoms with E-state index in [0.29, 0.717) is 0 Å². The van der Waals surface area contributed by atoms with Gasteiger partial charge in [0.1, 0.15) is 0 Å². The second kappa shape index (κ2) is 3.21. The third-order valence-corrected chi connectivity index (χ3v) is 3.59. The minimum absolute atomic E-state index is 1.04. The van der Waals surface area contributed by atoms with Gasteiger partial charge >= 0.3 is 0 Å². The SMILES string of the molecule is [c]1ccc2cccc3c2c1-c1ccccc1C3. The fourth-order valence-corrected chi connectivity index (χ4v) is 2.83. The molecular weight excluding hydrogens is 204 g/mol. The summed E-state index contributed by atoms with van der Waals surface area (Å²) >= 11 is 0. The van der Waals surface area contributed by atoms with Crippen LogP contribution in [0.1, 0.15) is 11.1 Å². The summed E-state index contributed by atoms with van der Waals surface area (Å²) in [4.78, 5) is 0. The summed E-state index contributed by atoms with van der Waals surface area (Å²) in [5, 5.41) is 2.71. The highest BCUT2D eigenvalue weighted by Crippen LogP contribution is 2.38. The monoisotopic (exact) mass is 215 g/mol. The molecule has 0 spiro atoms. The number of rotatable bonds is 0. The lowest BCUT2D eigenvalue weighted by molar-refractivity contribution is 1.20. The molecule has 0 N–H and O–H groups in total. The Morgan fingerprint density at radius 1 is 0.824 bits per heavy atom. The van der Waals surface area contributed by atoms with Crippen LogP contribution >= 0.6 is 0 Å². The predicted molar refractivity (Wildman–Crippen MR) is 71.0 cm³/mol. The fourth-order valence-electron chi connectivity index (χ4n) is 2.83. The molecule has 0 nitrogen and oxygen atoms in total. The molecule has 0 heterocycles. The smallest absolute Gasteiger partial charge is 0.00132 e. The van der Waals surface area contributed by atoms with Crippen LogP contribution in [0.25, 0.3) is 21.9 Å². The Hall–Kier alpha value is -2.08. The topological polar surface area (TPSA) is 0 Å². The van der Waals surface area contributed by atoms with Crippen molar-refractivity contribution in [2.45, 2.75) is 6.42 Å². The Bertz CT molecular complexity index is 718. The van der Waals surface area contributed by atoms with Crippen molar-refractivity contribution >= 4 is 10.8 Å². The predicted octanol–water partition coefficient (Wildman–Crippen LogP) is 4.21. The Morgan fingerprint density at radius 2 is 1.71 bits per heavy atom. The highest BCUT2D eigenvalue weighted by Gasteiger charge is 2.16. The molecule has 0 aromatic heterocycles. The quantitative estimate of drug-likeness (QED) is 0.412. The van der Waals surface area contributed by atoms with Gasteiger partial charge in [-0.15, -0.1) is 0 Å². The standard InChI is InChI=1S/C17H11/c1-2-9-15-13(5-1)11-14-8-3-6-12-7-4-10-16(15)17(12)14/h1-9H,11H2. The van der Waals surface area contributed by atoms with Crippen molar-refractivity contribution in [2.75, 3.05) is 0 Å². The average Bonchev–Trinajstić information content (AvgIpc) is 2.39. The zero-order valence-electron chi connectivity index (χ0n) is 9.40. The Balaban J connectivity index is 2.22. The van der Waals surface area contributed by atoms with Crippen molar-refractivity contribution in [1.29, 1.82) is 0 Å². The van der Waals surface area contributed by atoms with Gasteiger partial charge < -0.3 is 0 Å². The maximum atomic E-state index is 3.41. The first-order valence-corrected chi connectivity index (χ1v) is 5.94. The van der Waals surface area contributed by atoms with Gasteiger partial charge in [0.05, 0.1) is 0 Å². The van der Waals surface area contributed by atoms with Gasteiger partial charge in [0.15, 0.2) is 0 Å². The molecule has 1 radical (unpaired) electrons. The van der Waals surface area contributed by atoms with Crippen LogP contribution in [-0.2, 0) is 6.42 Å². The summed E-state index contributed by atoms with van der Waals surface area (Å²) < 4.78 is 0. The van der Waals surface area contributed by atoms with E-state index in [1.54, 1.807) is 0 Å². The molecule has 4 rings (SSSR count). The average molecular weight is 215 g/mol.